The molecule has 1 aromatic heterocycles. The van der Waals surface area contributed by atoms with Crippen LogP contribution in [0.4, 0.5) is 10.1 Å². The van der Waals surface area contributed by atoms with Gasteiger partial charge >= 0.3 is 0 Å². The SMILES string of the molecule is O=C(Nc1cccc(F)c1)C1CCCN(C(=O)C2CC(c3cccnc3)NN2)C1. The van der Waals surface area contributed by atoms with Crippen LogP contribution in [0.5, 0.6) is 0 Å². The van der Waals surface area contributed by atoms with Gasteiger partial charge in [-0.3, -0.25) is 14.6 Å². The number of likely N-dealkylation sites (tertiary alicyclic amines) is 1. The number of carbonyl (C=O) groups excluding carboxylic acids is 2. The van der Waals surface area contributed by atoms with Crippen molar-refractivity contribution in [3.05, 3.63) is 60.2 Å². The summed E-state index contributed by atoms with van der Waals surface area (Å²) in [5.74, 6) is -0.892. The van der Waals surface area contributed by atoms with E-state index >= 15 is 0 Å². The Labute approximate surface area is 168 Å². The van der Waals surface area contributed by atoms with E-state index < -0.39 is 5.82 Å². The van der Waals surface area contributed by atoms with Gasteiger partial charge in [0.1, 0.15) is 11.9 Å². The van der Waals surface area contributed by atoms with Crippen molar-refractivity contribution >= 4 is 17.5 Å². The lowest BCUT2D eigenvalue weighted by Gasteiger charge is -2.33. The quantitative estimate of drug-likeness (QED) is 0.735. The molecule has 0 aliphatic carbocycles. The number of carbonyl (C=O) groups is 2. The Kier molecular flexibility index (Phi) is 5.82. The van der Waals surface area contributed by atoms with Crippen molar-refractivity contribution in [3.8, 4) is 0 Å². The summed E-state index contributed by atoms with van der Waals surface area (Å²) in [5.41, 5.74) is 7.70. The van der Waals surface area contributed by atoms with Gasteiger partial charge in [-0.25, -0.2) is 15.2 Å². The molecular formula is C21H24FN5O2. The molecule has 0 bridgehead atoms. The predicted octanol–water partition coefficient (Wildman–Crippen LogP) is 2.01. The predicted molar refractivity (Wildman–Crippen MR) is 106 cm³/mol. The minimum Gasteiger partial charge on any atom is -0.341 e. The normalized spacial score (nSPS) is 24.3. The number of hydrazine groups is 1. The van der Waals surface area contributed by atoms with Gasteiger partial charge in [0.2, 0.25) is 11.8 Å². The van der Waals surface area contributed by atoms with E-state index in [1.807, 2.05) is 12.1 Å². The molecule has 2 saturated heterocycles. The zero-order chi connectivity index (χ0) is 20.2. The molecule has 3 N–H and O–H groups in total. The summed E-state index contributed by atoms with van der Waals surface area (Å²) >= 11 is 0. The fourth-order valence-electron chi connectivity index (χ4n) is 3.94. The third-order valence-electron chi connectivity index (χ3n) is 5.48. The van der Waals surface area contributed by atoms with Crippen LogP contribution in [-0.2, 0) is 9.59 Å². The third kappa shape index (κ3) is 4.60. The van der Waals surface area contributed by atoms with Crippen molar-refractivity contribution in [1.82, 2.24) is 20.7 Å². The van der Waals surface area contributed by atoms with Gasteiger partial charge in [0.25, 0.3) is 0 Å². The van der Waals surface area contributed by atoms with Crippen LogP contribution in [0.15, 0.2) is 48.8 Å². The average molecular weight is 397 g/mol. The molecule has 0 saturated carbocycles. The molecule has 0 radical (unpaired) electrons. The summed E-state index contributed by atoms with van der Waals surface area (Å²) in [6.07, 6.45) is 5.61. The Balaban J connectivity index is 1.34. The first-order chi connectivity index (χ1) is 14.1. The topological polar surface area (TPSA) is 86.4 Å². The van der Waals surface area contributed by atoms with Crippen LogP contribution in [0.25, 0.3) is 0 Å². The van der Waals surface area contributed by atoms with Gasteiger partial charge in [0.15, 0.2) is 0 Å². The second kappa shape index (κ2) is 8.67. The summed E-state index contributed by atoms with van der Waals surface area (Å²) in [4.78, 5) is 31.5. The van der Waals surface area contributed by atoms with Crippen molar-refractivity contribution in [2.45, 2.75) is 31.3 Å². The number of nitrogens with one attached hydrogen (secondary N) is 3. The van der Waals surface area contributed by atoms with Crippen LogP contribution in [0.3, 0.4) is 0 Å². The highest BCUT2D eigenvalue weighted by Gasteiger charge is 2.36. The molecule has 2 aromatic rings. The highest BCUT2D eigenvalue weighted by atomic mass is 19.1. The number of aromatic nitrogens is 1. The number of amides is 2. The Bertz CT molecular complexity index is 878. The van der Waals surface area contributed by atoms with Gasteiger partial charge in [-0.2, -0.15) is 0 Å². The standard InChI is InChI=1S/C21H24FN5O2/c22-16-6-1-7-17(10-16)24-20(28)15-5-3-9-27(13-15)21(29)19-11-18(25-26-19)14-4-2-8-23-12-14/h1-2,4,6-8,10,12,15,18-19,25-26H,3,5,9,11,13H2,(H,24,28). The second-order valence-electron chi connectivity index (χ2n) is 7.54. The molecule has 1 aromatic carbocycles. The number of nitrogens with zero attached hydrogens (tertiary/aromatic N) is 2. The van der Waals surface area contributed by atoms with Crippen LogP contribution in [-0.4, -0.2) is 40.8 Å². The number of hydrogen-bond donors (Lipinski definition) is 3. The fourth-order valence-corrected chi connectivity index (χ4v) is 3.94. The number of benzene rings is 1. The van der Waals surface area contributed by atoms with Crippen LogP contribution in [0.1, 0.15) is 30.9 Å². The Morgan fingerprint density at radius 3 is 2.90 bits per heavy atom. The van der Waals surface area contributed by atoms with Gasteiger partial charge < -0.3 is 10.2 Å². The molecule has 3 atom stereocenters. The maximum Gasteiger partial charge on any atom is 0.241 e. The van der Waals surface area contributed by atoms with E-state index in [2.05, 4.69) is 21.2 Å². The fraction of sp³-hybridized carbons (Fsp3) is 0.381. The van der Waals surface area contributed by atoms with Gasteiger partial charge in [-0.05, 0) is 49.1 Å². The number of hydrogen-bond acceptors (Lipinski definition) is 5. The summed E-state index contributed by atoms with van der Waals surface area (Å²) in [6.45, 7) is 1.01. The summed E-state index contributed by atoms with van der Waals surface area (Å²) in [5, 5.41) is 2.76. The van der Waals surface area contributed by atoms with E-state index in [1.165, 1.54) is 12.1 Å². The first-order valence-corrected chi connectivity index (χ1v) is 9.86. The van der Waals surface area contributed by atoms with E-state index in [1.54, 1.807) is 29.4 Å². The zero-order valence-electron chi connectivity index (χ0n) is 16.0. The Morgan fingerprint density at radius 1 is 1.21 bits per heavy atom. The van der Waals surface area contributed by atoms with Crippen molar-refractivity contribution in [2.24, 2.45) is 5.92 Å². The monoisotopic (exact) mass is 397 g/mol. The highest BCUT2D eigenvalue weighted by molar-refractivity contribution is 5.93. The highest BCUT2D eigenvalue weighted by Crippen LogP contribution is 2.25. The third-order valence-corrected chi connectivity index (χ3v) is 5.48. The average Bonchev–Trinajstić information content (AvgIpc) is 3.24. The molecule has 2 aliphatic heterocycles. The lowest BCUT2D eigenvalue weighted by atomic mass is 9.95. The van der Waals surface area contributed by atoms with Crippen LogP contribution in [0.2, 0.25) is 0 Å². The summed E-state index contributed by atoms with van der Waals surface area (Å²) in [6, 6.07) is 9.36. The molecule has 3 heterocycles. The molecule has 7 nitrogen and oxygen atoms in total. The Morgan fingerprint density at radius 2 is 2.10 bits per heavy atom. The van der Waals surface area contributed by atoms with E-state index in [0.29, 0.717) is 31.6 Å². The number of anilines is 1. The van der Waals surface area contributed by atoms with Gasteiger partial charge in [-0.15, -0.1) is 0 Å². The zero-order valence-corrected chi connectivity index (χ0v) is 16.0. The molecule has 0 spiro atoms. The number of rotatable bonds is 4. The minimum absolute atomic E-state index is 0.00727. The van der Waals surface area contributed by atoms with Crippen LogP contribution >= 0.6 is 0 Å². The second-order valence-corrected chi connectivity index (χ2v) is 7.54. The lowest BCUT2D eigenvalue weighted by molar-refractivity contribution is -0.136. The van der Waals surface area contributed by atoms with Gasteiger partial charge in [0, 0.05) is 37.2 Å². The van der Waals surface area contributed by atoms with Crippen molar-refractivity contribution < 1.29 is 14.0 Å². The first-order valence-electron chi connectivity index (χ1n) is 9.86. The lowest BCUT2D eigenvalue weighted by Crippen LogP contribution is -2.50. The Hall–Kier alpha value is -2.84. The molecule has 2 fully saturated rings. The molecule has 8 heteroatoms. The smallest absolute Gasteiger partial charge is 0.241 e. The van der Waals surface area contributed by atoms with Crippen LogP contribution in [0, 0.1) is 11.7 Å². The summed E-state index contributed by atoms with van der Waals surface area (Å²) in [7, 11) is 0. The molecule has 4 rings (SSSR count). The first kappa shape index (κ1) is 19.5. The van der Waals surface area contributed by atoms with Crippen molar-refractivity contribution in [2.75, 3.05) is 18.4 Å². The van der Waals surface area contributed by atoms with Crippen molar-refractivity contribution in [1.29, 1.82) is 0 Å². The molecule has 29 heavy (non-hydrogen) atoms. The van der Waals surface area contributed by atoms with Crippen molar-refractivity contribution in [3.63, 3.8) is 0 Å². The number of piperidine rings is 1. The van der Waals surface area contributed by atoms with Crippen LogP contribution < -0.4 is 16.2 Å². The van der Waals surface area contributed by atoms with E-state index in [4.69, 9.17) is 0 Å². The molecule has 3 unspecified atom stereocenters. The number of halogens is 1. The molecular weight excluding hydrogens is 373 g/mol. The summed E-state index contributed by atoms with van der Waals surface area (Å²) < 4.78 is 13.3. The van der Waals surface area contributed by atoms with E-state index in [9.17, 15) is 14.0 Å². The molecule has 2 amide bonds. The molecule has 2 aliphatic rings. The maximum absolute atomic E-state index is 13.3. The van der Waals surface area contributed by atoms with E-state index in [0.717, 1.165) is 12.0 Å². The number of pyridine rings is 1. The van der Waals surface area contributed by atoms with Gasteiger partial charge in [0.05, 0.1) is 5.92 Å². The van der Waals surface area contributed by atoms with Gasteiger partial charge in [-0.1, -0.05) is 12.1 Å². The molecule has 152 valence electrons. The maximum atomic E-state index is 13.3. The minimum atomic E-state index is -0.397. The largest absolute Gasteiger partial charge is 0.341 e. The van der Waals surface area contributed by atoms with E-state index in [-0.39, 0.29) is 29.8 Å².